The molecule has 170 valence electrons. The van der Waals surface area contributed by atoms with E-state index in [1.54, 1.807) is 32.3 Å². The highest BCUT2D eigenvalue weighted by molar-refractivity contribution is 5.80. The average molecular weight is 447 g/mol. The van der Waals surface area contributed by atoms with Gasteiger partial charge in [-0.3, -0.25) is 24.2 Å². The summed E-state index contributed by atoms with van der Waals surface area (Å²) in [6.45, 7) is 2.45. The maximum atomic E-state index is 12.5. The SMILES string of the molecule is Cc1c(CCC(=O)NCc2ccnc(OCc3ccccc3)c2)c(=O)[nH]c2c1c(=O)[nH]n2C. The van der Waals surface area contributed by atoms with Crippen molar-refractivity contribution in [2.24, 2.45) is 7.05 Å². The van der Waals surface area contributed by atoms with Gasteiger partial charge in [-0.25, -0.2) is 4.98 Å². The lowest BCUT2D eigenvalue weighted by Crippen LogP contribution is -2.25. The standard InChI is InChI=1S/C24H25N5O4/c1-15-18(23(31)27-22-21(15)24(32)28-29(22)2)8-9-19(30)26-13-17-10-11-25-20(12-17)33-14-16-6-4-3-5-7-16/h3-7,10-12H,8-9,13-14H2,1-2H3,(H,26,30)(H,27,31)(H,28,32). The maximum absolute atomic E-state index is 12.5. The summed E-state index contributed by atoms with van der Waals surface area (Å²) in [5.74, 6) is 0.286. The Labute approximate surface area is 189 Å². The number of aromatic amines is 2. The Morgan fingerprint density at radius 2 is 1.91 bits per heavy atom. The van der Waals surface area contributed by atoms with Gasteiger partial charge in [0.05, 0.1) is 5.39 Å². The molecule has 3 aromatic heterocycles. The summed E-state index contributed by atoms with van der Waals surface area (Å²) >= 11 is 0. The van der Waals surface area contributed by atoms with Gasteiger partial charge in [0.25, 0.3) is 11.1 Å². The number of aromatic nitrogens is 4. The van der Waals surface area contributed by atoms with E-state index in [0.717, 1.165) is 11.1 Å². The molecule has 0 saturated heterocycles. The number of carbonyl (C=O) groups excluding carboxylic acids is 1. The van der Waals surface area contributed by atoms with Crippen molar-refractivity contribution >= 4 is 16.9 Å². The van der Waals surface area contributed by atoms with E-state index in [9.17, 15) is 14.4 Å². The van der Waals surface area contributed by atoms with Crippen LogP contribution in [0.1, 0.15) is 28.7 Å². The molecule has 0 unspecified atom stereocenters. The van der Waals surface area contributed by atoms with E-state index in [1.807, 2.05) is 30.3 Å². The molecule has 0 saturated carbocycles. The lowest BCUT2D eigenvalue weighted by Gasteiger charge is -2.09. The second kappa shape index (κ2) is 9.56. The number of nitrogens with zero attached hydrogens (tertiary/aromatic N) is 2. The van der Waals surface area contributed by atoms with Crippen LogP contribution in [0.15, 0.2) is 58.3 Å². The first-order valence-electron chi connectivity index (χ1n) is 10.6. The predicted octanol–water partition coefficient (Wildman–Crippen LogP) is 2.09. The Hall–Kier alpha value is -4.14. The van der Waals surface area contributed by atoms with Crippen molar-refractivity contribution in [3.63, 3.8) is 0 Å². The lowest BCUT2D eigenvalue weighted by atomic mass is 10.0. The third-order valence-corrected chi connectivity index (χ3v) is 5.52. The zero-order valence-electron chi connectivity index (χ0n) is 18.5. The number of carbonyl (C=O) groups is 1. The number of pyridine rings is 2. The van der Waals surface area contributed by atoms with Gasteiger partial charge in [-0.2, -0.15) is 0 Å². The van der Waals surface area contributed by atoms with Crippen LogP contribution < -0.4 is 21.2 Å². The highest BCUT2D eigenvalue weighted by Crippen LogP contribution is 2.15. The molecule has 0 radical (unpaired) electrons. The second-order valence-electron chi connectivity index (χ2n) is 7.83. The van der Waals surface area contributed by atoms with Gasteiger partial charge >= 0.3 is 0 Å². The molecule has 0 spiro atoms. The minimum absolute atomic E-state index is 0.128. The third kappa shape index (κ3) is 5.03. The van der Waals surface area contributed by atoms with E-state index in [-0.39, 0.29) is 29.9 Å². The molecule has 0 aliphatic heterocycles. The van der Waals surface area contributed by atoms with E-state index in [4.69, 9.17) is 4.74 Å². The van der Waals surface area contributed by atoms with Gasteiger partial charge in [-0.05, 0) is 36.1 Å². The summed E-state index contributed by atoms with van der Waals surface area (Å²) in [6.07, 6.45) is 2.00. The van der Waals surface area contributed by atoms with E-state index >= 15 is 0 Å². The predicted molar refractivity (Wildman–Crippen MR) is 124 cm³/mol. The first kappa shape index (κ1) is 22.1. The molecule has 0 aliphatic rings. The summed E-state index contributed by atoms with van der Waals surface area (Å²) in [6, 6.07) is 13.4. The van der Waals surface area contributed by atoms with Crippen LogP contribution >= 0.6 is 0 Å². The first-order valence-corrected chi connectivity index (χ1v) is 10.6. The fraction of sp³-hybridized carbons (Fsp3) is 0.250. The zero-order chi connectivity index (χ0) is 23.4. The van der Waals surface area contributed by atoms with Gasteiger partial charge in [0.1, 0.15) is 12.3 Å². The second-order valence-corrected chi connectivity index (χ2v) is 7.83. The zero-order valence-corrected chi connectivity index (χ0v) is 18.5. The van der Waals surface area contributed by atoms with Crippen LogP contribution in [0.5, 0.6) is 5.88 Å². The molecule has 9 nitrogen and oxygen atoms in total. The van der Waals surface area contributed by atoms with Crippen molar-refractivity contribution in [1.82, 2.24) is 25.1 Å². The Bertz CT molecular complexity index is 1400. The number of rotatable bonds is 8. The minimum Gasteiger partial charge on any atom is -0.473 e. The van der Waals surface area contributed by atoms with Crippen LogP contribution in [0.4, 0.5) is 0 Å². The van der Waals surface area contributed by atoms with Crippen LogP contribution in [0.25, 0.3) is 11.0 Å². The minimum atomic E-state index is -0.295. The smallest absolute Gasteiger partial charge is 0.273 e. The number of nitrogens with one attached hydrogen (secondary N) is 3. The Morgan fingerprint density at radius 1 is 1.12 bits per heavy atom. The molecule has 3 heterocycles. The topological polar surface area (TPSA) is 122 Å². The normalized spacial score (nSPS) is 11.0. The highest BCUT2D eigenvalue weighted by Gasteiger charge is 2.15. The fourth-order valence-corrected chi connectivity index (χ4v) is 3.74. The van der Waals surface area contributed by atoms with Crippen LogP contribution in [0, 0.1) is 6.92 Å². The van der Waals surface area contributed by atoms with E-state index < -0.39 is 0 Å². The Kier molecular flexibility index (Phi) is 6.39. The van der Waals surface area contributed by atoms with Crippen molar-refractivity contribution < 1.29 is 9.53 Å². The fourth-order valence-electron chi connectivity index (χ4n) is 3.74. The molecule has 9 heteroatoms. The molecule has 1 aromatic carbocycles. The number of amides is 1. The van der Waals surface area contributed by atoms with Gasteiger partial charge in [0, 0.05) is 37.8 Å². The van der Waals surface area contributed by atoms with E-state index in [1.165, 1.54) is 4.68 Å². The highest BCUT2D eigenvalue weighted by atomic mass is 16.5. The number of hydrogen-bond donors (Lipinski definition) is 3. The Balaban J connectivity index is 1.34. The summed E-state index contributed by atoms with van der Waals surface area (Å²) in [5, 5.41) is 5.93. The maximum Gasteiger partial charge on any atom is 0.273 e. The molecule has 33 heavy (non-hydrogen) atoms. The molecule has 1 amide bonds. The summed E-state index contributed by atoms with van der Waals surface area (Å²) in [7, 11) is 1.66. The van der Waals surface area contributed by atoms with Crippen molar-refractivity contribution in [3.8, 4) is 5.88 Å². The van der Waals surface area contributed by atoms with E-state index in [2.05, 4.69) is 20.4 Å². The molecular weight excluding hydrogens is 422 g/mol. The molecule has 4 rings (SSSR count). The number of H-pyrrole nitrogens is 2. The molecule has 3 N–H and O–H groups in total. The molecule has 0 bridgehead atoms. The molecular formula is C24H25N5O4. The lowest BCUT2D eigenvalue weighted by molar-refractivity contribution is -0.121. The van der Waals surface area contributed by atoms with Gasteiger partial charge in [-0.1, -0.05) is 30.3 Å². The molecule has 0 fully saturated rings. The van der Waals surface area contributed by atoms with Crippen LogP contribution in [0.2, 0.25) is 0 Å². The number of ether oxygens (including phenoxy) is 1. The monoisotopic (exact) mass is 447 g/mol. The molecule has 0 atom stereocenters. The quantitative estimate of drug-likeness (QED) is 0.382. The Morgan fingerprint density at radius 3 is 2.70 bits per heavy atom. The summed E-state index contributed by atoms with van der Waals surface area (Å²) in [5.41, 5.74) is 2.81. The first-order chi connectivity index (χ1) is 15.9. The summed E-state index contributed by atoms with van der Waals surface area (Å²) < 4.78 is 7.21. The third-order valence-electron chi connectivity index (χ3n) is 5.52. The van der Waals surface area contributed by atoms with E-state index in [0.29, 0.717) is 41.2 Å². The van der Waals surface area contributed by atoms with Gasteiger partial charge in [0.15, 0.2) is 0 Å². The van der Waals surface area contributed by atoms with Crippen LogP contribution in [-0.2, 0) is 31.4 Å². The number of hydrogen-bond acceptors (Lipinski definition) is 5. The van der Waals surface area contributed by atoms with Crippen molar-refractivity contribution in [3.05, 3.63) is 91.6 Å². The van der Waals surface area contributed by atoms with Crippen molar-refractivity contribution in [2.75, 3.05) is 0 Å². The van der Waals surface area contributed by atoms with Crippen molar-refractivity contribution in [2.45, 2.75) is 32.9 Å². The number of aryl methyl sites for hydroxylation is 2. The van der Waals surface area contributed by atoms with Gasteiger partial charge in [0.2, 0.25) is 11.8 Å². The van der Waals surface area contributed by atoms with Crippen LogP contribution in [0.3, 0.4) is 0 Å². The average Bonchev–Trinajstić information content (AvgIpc) is 3.10. The molecule has 0 aliphatic carbocycles. The van der Waals surface area contributed by atoms with Crippen LogP contribution in [-0.4, -0.2) is 25.7 Å². The summed E-state index contributed by atoms with van der Waals surface area (Å²) in [4.78, 5) is 43.9. The number of benzene rings is 1. The van der Waals surface area contributed by atoms with Gasteiger partial charge < -0.3 is 15.0 Å². The van der Waals surface area contributed by atoms with Crippen molar-refractivity contribution in [1.29, 1.82) is 0 Å². The van der Waals surface area contributed by atoms with Gasteiger partial charge in [-0.15, -0.1) is 0 Å². The largest absolute Gasteiger partial charge is 0.473 e. The number of fused-ring (bicyclic) bond motifs is 1. The molecule has 4 aromatic rings.